The Morgan fingerprint density at radius 2 is 1.89 bits per heavy atom. The van der Waals surface area contributed by atoms with Crippen LogP contribution in [0.3, 0.4) is 0 Å². The molecule has 0 bridgehead atoms. The minimum atomic E-state index is -0.865. The van der Waals surface area contributed by atoms with Gasteiger partial charge >= 0.3 is 5.97 Å². The summed E-state index contributed by atoms with van der Waals surface area (Å²) in [6.45, 7) is 4.22. The summed E-state index contributed by atoms with van der Waals surface area (Å²) in [6.07, 6.45) is 0.776. The first-order valence-electron chi connectivity index (χ1n) is 6.10. The molecular formula is C14H19NO3. The molecule has 4 nitrogen and oxygen atoms in total. The molecule has 0 aliphatic rings. The first kappa shape index (κ1) is 14.2. The number of carboxylic acid groups (broad SMARTS) is 1. The fourth-order valence-electron chi connectivity index (χ4n) is 1.61. The third-order valence-corrected chi connectivity index (χ3v) is 2.97. The van der Waals surface area contributed by atoms with Crippen LogP contribution in [-0.4, -0.2) is 17.0 Å². The fraction of sp³-hybridized carbons (Fsp3) is 0.429. The van der Waals surface area contributed by atoms with Crippen molar-refractivity contribution in [3.63, 3.8) is 0 Å². The number of nitrogens with one attached hydrogen (secondary N) is 1. The maximum atomic E-state index is 11.7. The first-order valence-corrected chi connectivity index (χ1v) is 6.10. The monoisotopic (exact) mass is 249 g/mol. The Morgan fingerprint density at radius 3 is 2.44 bits per heavy atom. The van der Waals surface area contributed by atoms with E-state index in [4.69, 9.17) is 5.11 Å². The zero-order valence-electron chi connectivity index (χ0n) is 10.8. The highest BCUT2D eigenvalue weighted by Gasteiger charge is 2.11. The van der Waals surface area contributed by atoms with Crippen LogP contribution in [0, 0.1) is 5.92 Å². The minimum absolute atomic E-state index is 0.00243. The Morgan fingerprint density at radius 1 is 1.28 bits per heavy atom. The number of benzene rings is 1. The van der Waals surface area contributed by atoms with Crippen LogP contribution in [0.5, 0.6) is 0 Å². The highest BCUT2D eigenvalue weighted by atomic mass is 16.4. The molecule has 0 aliphatic heterocycles. The summed E-state index contributed by atoms with van der Waals surface area (Å²) in [7, 11) is 0. The Balaban J connectivity index is 2.67. The predicted molar refractivity (Wildman–Crippen MR) is 69.1 cm³/mol. The maximum absolute atomic E-state index is 11.7. The van der Waals surface area contributed by atoms with Gasteiger partial charge < -0.3 is 10.4 Å². The molecule has 1 unspecified atom stereocenters. The van der Waals surface area contributed by atoms with Crippen LogP contribution in [0.2, 0.25) is 0 Å². The van der Waals surface area contributed by atoms with Crippen LogP contribution in [-0.2, 0) is 22.6 Å². The Bertz CT molecular complexity index is 429. The number of hydrogen-bond donors (Lipinski definition) is 2. The van der Waals surface area contributed by atoms with E-state index < -0.39 is 5.97 Å². The lowest BCUT2D eigenvalue weighted by molar-refractivity contribution is -0.136. The van der Waals surface area contributed by atoms with Crippen molar-refractivity contribution in [2.24, 2.45) is 5.92 Å². The highest BCUT2D eigenvalue weighted by Crippen LogP contribution is 2.10. The lowest BCUT2D eigenvalue weighted by Gasteiger charge is -2.12. The number of rotatable bonds is 6. The van der Waals surface area contributed by atoms with E-state index in [0.29, 0.717) is 6.54 Å². The maximum Gasteiger partial charge on any atom is 0.307 e. The lowest BCUT2D eigenvalue weighted by Crippen LogP contribution is -2.28. The Kier molecular flexibility index (Phi) is 5.36. The molecule has 0 heterocycles. The molecule has 0 saturated carbocycles. The molecule has 1 amide bonds. The number of carbonyl (C=O) groups excluding carboxylic acids is 1. The summed E-state index contributed by atoms with van der Waals surface area (Å²) in [5.41, 5.74) is 1.60. The highest BCUT2D eigenvalue weighted by molar-refractivity contribution is 5.78. The van der Waals surface area contributed by atoms with Gasteiger partial charge in [0.25, 0.3) is 0 Å². The van der Waals surface area contributed by atoms with Crippen molar-refractivity contribution in [1.82, 2.24) is 5.32 Å². The van der Waals surface area contributed by atoms with Crippen molar-refractivity contribution < 1.29 is 14.7 Å². The largest absolute Gasteiger partial charge is 0.481 e. The van der Waals surface area contributed by atoms with E-state index in [1.807, 2.05) is 26.0 Å². The minimum Gasteiger partial charge on any atom is -0.481 e. The van der Waals surface area contributed by atoms with Crippen molar-refractivity contribution >= 4 is 11.9 Å². The average molecular weight is 249 g/mol. The zero-order chi connectivity index (χ0) is 13.5. The number of amides is 1. The molecule has 0 aliphatic carbocycles. The second-order valence-corrected chi connectivity index (χ2v) is 4.37. The van der Waals surface area contributed by atoms with Gasteiger partial charge in [0.2, 0.25) is 5.91 Å². The fourth-order valence-corrected chi connectivity index (χ4v) is 1.61. The van der Waals surface area contributed by atoms with E-state index in [1.165, 1.54) is 0 Å². The van der Waals surface area contributed by atoms with Crippen molar-refractivity contribution in [2.45, 2.75) is 33.2 Å². The van der Waals surface area contributed by atoms with E-state index >= 15 is 0 Å². The smallest absolute Gasteiger partial charge is 0.307 e. The molecular weight excluding hydrogens is 230 g/mol. The van der Waals surface area contributed by atoms with E-state index in [2.05, 4.69) is 5.32 Å². The molecule has 98 valence electrons. The predicted octanol–water partition coefficient (Wildman–Crippen LogP) is 1.98. The van der Waals surface area contributed by atoms with Gasteiger partial charge in [-0.3, -0.25) is 9.59 Å². The molecule has 0 saturated heterocycles. The van der Waals surface area contributed by atoms with E-state index in [-0.39, 0.29) is 18.2 Å². The summed E-state index contributed by atoms with van der Waals surface area (Å²) in [4.78, 5) is 22.4. The van der Waals surface area contributed by atoms with Gasteiger partial charge in [0.1, 0.15) is 0 Å². The van der Waals surface area contributed by atoms with Crippen LogP contribution in [0.4, 0.5) is 0 Å². The molecule has 1 rings (SSSR count). The van der Waals surface area contributed by atoms with Crippen LogP contribution in [0.15, 0.2) is 24.3 Å². The van der Waals surface area contributed by atoms with Crippen LogP contribution >= 0.6 is 0 Å². The molecule has 18 heavy (non-hydrogen) atoms. The normalized spacial score (nSPS) is 11.9. The summed E-state index contributed by atoms with van der Waals surface area (Å²) in [5, 5.41) is 11.6. The average Bonchev–Trinajstić information content (AvgIpc) is 2.35. The van der Waals surface area contributed by atoms with Gasteiger partial charge in [-0.15, -0.1) is 0 Å². The topological polar surface area (TPSA) is 66.4 Å². The Hall–Kier alpha value is -1.84. The van der Waals surface area contributed by atoms with Gasteiger partial charge in [0, 0.05) is 12.5 Å². The zero-order valence-corrected chi connectivity index (χ0v) is 10.8. The van der Waals surface area contributed by atoms with E-state index in [9.17, 15) is 9.59 Å². The third-order valence-electron chi connectivity index (χ3n) is 2.97. The quantitative estimate of drug-likeness (QED) is 0.810. The standard InChI is InChI=1S/C14H19NO3/c1-3-10(2)14(18)15-9-12-7-5-4-6-11(12)8-13(16)17/h4-7,10H,3,8-9H2,1-2H3,(H,15,18)(H,16,17). The van der Waals surface area contributed by atoms with Crippen LogP contribution in [0.1, 0.15) is 31.4 Å². The van der Waals surface area contributed by atoms with Crippen molar-refractivity contribution in [3.05, 3.63) is 35.4 Å². The summed E-state index contributed by atoms with van der Waals surface area (Å²) in [5.74, 6) is -0.880. The molecule has 0 aromatic heterocycles. The van der Waals surface area contributed by atoms with Crippen LogP contribution < -0.4 is 5.32 Å². The molecule has 2 N–H and O–H groups in total. The lowest BCUT2D eigenvalue weighted by atomic mass is 10.0. The number of carboxylic acids is 1. The molecule has 1 aromatic rings. The molecule has 0 radical (unpaired) electrons. The van der Waals surface area contributed by atoms with Crippen molar-refractivity contribution in [2.75, 3.05) is 0 Å². The van der Waals surface area contributed by atoms with Crippen molar-refractivity contribution in [1.29, 1.82) is 0 Å². The number of hydrogen-bond acceptors (Lipinski definition) is 2. The van der Waals surface area contributed by atoms with Gasteiger partial charge in [-0.2, -0.15) is 0 Å². The number of aliphatic carboxylic acids is 1. The first-order chi connectivity index (χ1) is 8.54. The van der Waals surface area contributed by atoms with Crippen molar-refractivity contribution in [3.8, 4) is 0 Å². The Labute approximate surface area is 107 Å². The van der Waals surface area contributed by atoms with Gasteiger partial charge in [0.05, 0.1) is 6.42 Å². The molecule has 0 spiro atoms. The number of carbonyl (C=O) groups is 2. The second kappa shape index (κ2) is 6.79. The van der Waals surface area contributed by atoms with E-state index in [1.54, 1.807) is 12.1 Å². The van der Waals surface area contributed by atoms with Gasteiger partial charge in [-0.25, -0.2) is 0 Å². The molecule has 1 aromatic carbocycles. The van der Waals surface area contributed by atoms with Gasteiger partial charge in [0.15, 0.2) is 0 Å². The summed E-state index contributed by atoms with van der Waals surface area (Å²) >= 11 is 0. The summed E-state index contributed by atoms with van der Waals surface area (Å²) < 4.78 is 0. The molecule has 0 fully saturated rings. The second-order valence-electron chi connectivity index (χ2n) is 4.37. The van der Waals surface area contributed by atoms with Gasteiger partial charge in [-0.1, -0.05) is 38.1 Å². The van der Waals surface area contributed by atoms with E-state index in [0.717, 1.165) is 17.5 Å². The SMILES string of the molecule is CCC(C)C(=O)NCc1ccccc1CC(=O)O. The molecule has 1 atom stereocenters. The van der Waals surface area contributed by atoms with Crippen LogP contribution in [0.25, 0.3) is 0 Å². The summed E-state index contributed by atoms with van der Waals surface area (Å²) in [6, 6.07) is 7.27. The third kappa shape index (κ3) is 4.20. The molecule has 4 heteroatoms. The van der Waals surface area contributed by atoms with Gasteiger partial charge in [-0.05, 0) is 17.5 Å².